The summed E-state index contributed by atoms with van der Waals surface area (Å²) in [4.78, 5) is 0. The van der Waals surface area contributed by atoms with E-state index in [0.717, 1.165) is 35.9 Å². The standard InChI is InChI=1S/C21H21F3N2O2/c1-3-4-16-10-21(28-13-15-9-19(23)20(24)11-18(15)22)26(25-16)12-14-5-7-17(27-2)8-6-14/h5-11H,3-4,12-13H2,1-2H3. The molecule has 0 spiro atoms. The van der Waals surface area contributed by atoms with E-state index in [9.17, 15) is 13.2 Å². The van der Waals surface area contributed by atoms with E-state index in [2.05, 4.69) is 5.10 Å². The van der Waals surface area contributed by atoms with Crippen molar-refractivity contribution >= 4 is 0 Å². The van der Waals surface area contributed by atoms with Crippen molar-refractivity contribution in [3.63, 3.8) is 0 Å². The van der Waals surface area contributed by atoms with Crippen molar-refractivity contribution in [1.82, 2.24) is 9.78 Å². The predicted molar refractivity (Wildman–Crippen MR) is 99.0 cm³/mol. The molecule has 4 nitrogen and oxygen atoms in total. The zero-order chi connectivity index (χ0) is 20.1. The molecule has 1 heterocycles. The number of aryl methyl sites for hydroxylation is 1. The number of halogens is 3. The van der Waals surface area contributed by atoms with Crippen molar-refractivity contribution in [3.8, 4) is 11.6 Å². The normalized spacial score (nSPS) is 10.9. The number of hydrogen-bond donors (Lipinski definition) is 0. The molecule has 0 saturated carbocycles. The Hall–Kier alpha value is -2.96. The van der Waals surface area contributed by atoms with Crippen molar-refractivity contribution in [2.45, 2.75) is 32.9 Å². The first-order chi connectivity index (χ1) is 13.5. The Morgan fingerprint density at radius 2 is 1.68 bits per heavy atom. The number of benzene rings is 2. The maximum absolute atomic E-state index is 13.9. The molecule has 0 fully saturated rings. The first-order valence-corrected chi connectivity index (χ1v) is 8.96. The van der Waals surface area contributed by atoms with E-state index in [0.29, 0.717) is 18.5 Å². The van der Waals surface area contributed by atoms with Crippen molar-refractivity contribution in [1.29, 1.82) is 0 Å². The third-order valence-corrected chi connectivity index (χ3v) is 4.26. The van der Waals surface area contributed by atoms with E-state index in [4.69, 9.17) is 9.47 Å². The van der Waals surface area contributed by atoms with Crippen LogP contribution in [-0.2, 0) is 19.6 Å². The molecule has 0 amide bonds. The highest BCUT2D eigenvalue weighted by Gasteiger charge is 2.14. The summed E-state index contributed by atoms with van der Waals surface area (Å²) in [6.07, 6.45) is 1.68. The van der Waals surface area contributed by atoms with Crippen molar-refractivity contribution < 1.29 is 22.6 Å². The molecule has 3 rings (SSSR count). The predicted octanol–water partition coefficient (Wildman–Crippen LogP) is 4.89. The summed E-state index contributed by atoms with van der Waals surface area (Å²) in [5.74, 6) is -2.01. The maximum Gasteiger partial charge on any atom is 0.212 e. The number of aromatic nitrogens is 2. The highest BCUT2D eigenvalue weighted by molar-refractivity contribution is 5.28. The molecular formula is C21H21F3N2O2. The molecule has 0 bridgehead atoms. The minimum Gasteiger partial charge on any atom is -0.497 e. The molecule has 0 aliphatic heterocycles. The average molecular weight is 390 g/mol. The SMILES string of the molecule is CCCc1cc(OCc2cc(F)c(F)cc2F)n(Cc2ccc(OC)cc2)n1. The molecule has 148 valence electrons. The van der Waals surface area contributed by atoms with Crippen LogP contribution in [0, 0.1) is 17.5 Å². The number of hydrogen-bond acceptors (Lipinski definition) is 3. The molecule has 28 heavy (non-hydrogen) atoms. The average Bonchev–Trinajstić information content (AvgIpc) is 3.06. The van der Waals surface area contributed by atoms with Crippen LogP contribution in [0.3, 0.4) is 0 Å². The highest BCUT2D eigenvalue weighted by Crippen LogP contribution is 2.21. The van der Waals surface area contributed by atoms with Gasteiger partial charge in [0, 0.05) is 17.7 Å². The lowest BCUT2D eigenvalue weighted by Gasteiger charge is -2.10. The van der Waals surface area contributed by atoms with Crippen molar-refractivity contribution in [2.24, 2.45) is 0 Å². The third kappa shape index (κ3) is 4.65. The van der Waals surface area contributed by atoms with Gasteiger partial charge in [-0.15, -0.1) is 0 Å². The lowest BCUT2D eigenvalue weighted by atomic mass is 10.2. The lowest BCUT2D eigenvalue weighted by Crippen LogP contribution is -2.08. The number of methoxy groups -OCH3 is 1. The van der Waals surface area contributed by atoms with Crippen LogP contribution in [0.5, 0.6) is 11.6 Å². The quantitative estimate of drug-likeness (QED) is 0.514. The summed E-state index contributed by atoms with van der Waals surface area (Å²) in [5.41, 5.74) is 1.76. The third-order valence-electron chi connectivity index (χ3n) is 4.26. The van der Waals surface area contributed by atoms with Gasteiger partial charge in [-0.05, 0) is 30.2 Å². The van der Waals surface area contributed by atoms with Crippen LogP contribution in [0.4, 0.5) is 13.2 Å². The van der Waals surface area contributed by atoms with Gasteiger partial charge in [-0.1, -0.05) is 25.5 Å². The number of nitrogens with zero attached hydrogens (tertiary/aromatic N) is 2. The van der Waals surface area contributed by atoms with Crippen LogP contribution >= 0.6 is 0 Å². The molecule has 0 N–H and O–H groups in total. The molecule has 0 unspecified atom stereocenters. The highest BCUT2D eigenvalue weighted by atomic mass is 19.2. The zero-order valence-corrected chi connectivity index (χ0v) is 15.7. The molecular weight excluding hydrogens is 369 g/mol. The molecule has 2 aromatic carbocycles. The van der Waals surface area contributed by atoms with E-state index in [1.807, 2.05) is 31.2 Å². The first-order valence-electron chi connectivity index (χ1n) is 8.96. The zero-order valence-electron chi connectivity index (χ0n) is 15.7. The van der Waals surface area contributed by atoms with Crippen LogP contribution in [0.2, 0.25) is 0 Å². The molecule has 3 aromatic rings. The molecule has 0 aliphatic rings. The van der Waals surface area contributed by atoms with Crippen LogP contribution in [-0.4, -0.2) is 16.9 Å². The van der Waals surface area contributed by atoms with Gasteiger partial charge in [-0.25, -0.2) is 17.9 Å². The van der Waals surface area contributed by atoms with Gasteiger partial charge in [0.15, 0.2) is 11.6 Å². The van der Waals surface area contributed by atoms with Gasteiger partial charge >= 0.3 is 0 Å². The maximum atomic E-state index is 13.9. The molecule has 7 heteroatoms. The minimum absolute atomic E-state index is 0.0619. The van der Waals surface area contributed by atoms with Gasteiger partial charge in [0.05, 0.1) is 19.3 Å². The Morgan fingerprint density at radius 1 is 0.964 bits per heavy atom. The number of ether oxygens (including phenoxy) is 2. The summed E-state index contributed by atoms with van der Waals surface area (Å²) in [7, 11) is 1.60. The van der Waals surface area contributed by atoms with E-state index in [1.165, 1.54) is 0 Å². The second-order valence-electron chi connectivity index (χ2n) is 6.38. The van der Waals surface area contributed by atoms with E-state index >= 15 is 0 Å². The van der Waals surface area contributed by atoms with Crippen molar-refractivity contribution in [2.75, 3.05) is 7.11 Å². The smallest absolute Gasteiger partial charge is 0.212 e. The van der Waals surface area contributed by atoms with Crippen LogP contribution in [0.1, 0.15) is 30.2 Å². The van der Waals surface area contributed by atoms with E-state index < -0.39 is 17.5 Å². The Bertz CT molecular complexity index is 940. The Morgan fingerprint density at radius 3 is 2.36 bits per heavy atom. The molecule has 0 aliphatic carbocycles. The fourth-order valence-electron chi connectivity index (χ4n) is 2.79. The summed E-state index contributed by atoms with van der Waals surface area (Å²) in [5, 5.41) is 4.54. The Labute approximate surface area is 161 Å². The second kappa shape index (κ2) is 8.82. The van der Waals surface area contributed by atoms with Gasteiger partial charge in [0.2, 0.25) is 5.88 Å². The topological polar surface area (TPSA) is 36.3 Å². The van der Waals surface area contributed by atoms with Crippen LogP contribution < -0.4 is 9.47 Å². The monoisotopic (exact) mass is 390 g/mol. The fraction of sp³-hybridized carbons (Fsp3) is 0.286. The van der Waals surface area contributed by atoms with Gasteiger partial charge in [0.25, 0.3) is 0 Å². The Kier molecular flexibility index (Phi) is 6.23. The lowest BCUT2D eigenvalue weighted by molar-refractivity contribution is 0.269. The molecule has 0 atom stereocenters. The molecule has 0 saturated heterocycles. The summed E-state index contributed by atoms with van der Waals surface area (Å²) in [6, 6.07) is 10.6. The minimum atomic E-state index is -1.23. The molecule has 1 aromatic heterocycles. The largest absolute Gasteiger partial charge is 0.497 e. The van der Waals surface area contributed by atoms with Crippen molar-refractivity contribution in [3.05, 3.63) is 76.7 Å². The van der Waals surface area contributed by atoms with Crippen LogP contribution in [0.15, 0.2) is 42.5 Å². The van der Waals surface area contributed by atoms with Gasteiger partial charge in [0.1, 0.15) is 18.2 Å². The first kappa shape index (κ1) is 19.8. The summed E-state index contributed by atoms with van der Waals surface area (Å²) >= 11 is 0. The van der Waals surface area contributed by atoms with E-state index in [-0.39, 0.29) is 12.2 Å². The summed E-state index contributed by atoms with van der Waals surface area (Å²) in [6.45, 7) is 2.26. The van der Waals surface area contributed by atoms with Crippen LogP contribution in [0.25, 0.3) is 0 Å². The molecule has 0 radical (unpaired) electrons. The number of rotatable bonds is 8. The summed E-state index contributed by atoms with van der Waals surface area (Å²) < 4.78 is 52.9. The fourth-order valence-corrected chi connectivity index (χ4v) is 2.79. The van der Waals surface area contributed by atoms with E-state index in [1.54, 1.807) is 17.9 Å². The van der Waals surface area contributed by atoms with Gasteiger partial charge in [-0.2, -0.15) is 5.10 Å². The van der Waals surface area contributed by atoms with Gasteiger partial charge < -0.3 is 9.47 Å². The van der Waals surface area contributed by atoms with Gasteiger partial charge in [-0.3, -0.25) is 0 Å². The second-order valence-corrected chi connectivity index (χ2v) is 6.38. The Balaban J connectivity index is 1.80.